The van der Waals surface area contributed by atoms with Crippen molar-refractivity contribution in [1.82, 2.24) is 5.43 Å². The summed E-state index contributed by atoms with van der Waals surface area (Å²) in [5, 5.41) is 12.9. The Morgan fingerprint density at radius 1 is 1.20 bits per heavy atom. The highest BCUT2D eigenvalue weighted by molar-refractivity contribution is 5.95. The number of carboxylic acids is 1. The van der Waals surface area contributed by atoms with E-state index in [4.69, 9.17) is 13.9 Å². The van der Waals surface area contributed by atoms with Crippen LogP contribution in [0.5, 0.6) is 0 Å². The molecule has 2 heterocycles. The molecule has 2 N–H and O–H groups in total. The number of nitrogens with zero attached hydrogens (tertiary/aromatic N) is 1. The number of furan rings is 2. The molecule has 3 rings (SSSR count). The molecular formula is C18H14N2O5. The van der Waals surface area contributed by atoms with Crippen molar-refractivity contribution in [3.05, 3.63) is 71.4 Å². The summed E-state index contributed by atoms with van der Waals surface area (Å²) in [5.41, 5.74) is 3.60. The molecule has 1 amide bonds. The van der Waals surface area contributed by atoms with Crippen molar-refractivity contribution < 1.29 is 23.5 Å². The second-order valence-electron chi connectivity index (χ2n) is 5.18. The predicted molar refractivity (Wildman–Crippen MR) is 89.6 cm³/mol. The van der Waals surface area contributed by atoms with E-state index in [1.54, 1.807) is 37.3 Å². The van der Waals surface area contributed by atoms with Crippen molar-refractivity contribution in [1.29, 1.82) is 0 Å². The van der Waals surface area contributed by atoms with Gasteiger partial charge in [0.25, 0.3) is 5.91 Å². The van der Waals surface area contributed by atoms with Gasteiger partial charge in [0.1, 0.15) is 17.3 Å². The van der Waals surface area contributed by atoms with Crippen LogP contribution in [0, 0.1) is 6.92 Å². The number of aromatic carboxylic acids is 1. The van der Waals surface area contributed by atoms with Gasteiger partial charge in [-0.1, -0.05) is 12.1 Å². The molecule has 0 bridgehead atoms. The summed E-state index contributed by atoms with van der Waals surface area (Å²) in [5.74, 6) is 0.0312. The second-order valence-corrected chi connectivity index (χ2v) is 5.18. The van der Waals surface area contributed by atoms with E-state index >= 15 is 0 Å². The van der Waals surface area contributed by atoms with Crippen molar-refractivity contribution >= 4 is 18.1 Å². The van der Waals surface area contributed by atoms with E-state index in [2.05, 4.69) is 10.5 Å². The smallest absolute Gasteiger partial charge is 0.335 e. The van der Waals surface area contributed by atoms with E-state index in [9.17, 15) is 9.59 Å². The van der Waals surface area contributed by atoms with Gasteiger partial charge >= 0.3 is 5.97 Å². The van der Waals surface area contributed by atoms with E-state index in [-0.39, 0.29) is 11.5 Å². The van der Waals surface area contributed by atoms with Crippen LogP contribution < -0.4 is 5.43 Å². The Hall–Kier alpha value is -3.61. The predicted octanol–water partition coefficient (Wildman–Crippen LogP) is 3.31. The van der Waals surface area contributed by atoms with Crippen molar-refractivity contribution in [3.63, 3.8) is 0 Å². The summed E-state index contributed by atoms with van der Waals surface area (Å²) in [4.78, 5) is 22.9. The lowest BCUT2D eigenvalue weighted by Gasteiger charge is -1.99. The number of carboxylic acid groups (broad SMARTS) is 1. The minimum Gasteiger partial charge on any atom is -0.478 e. The standard InChI is InChI=1S/C18H14N2O5/c1-11-15(7-8-24-11)17(21)20-19-10-14-5-6-16(25-14)12-3-2-4-13(9-12)18(22)23/h2-10H,1H3,(H,20,21)(H,22,23)/b19-10+. The van der Waals surface area contributed by atoms with Gasteiger partial charge in [0.2, 0.25) is 0 Å². The molecule has 0 aliphatic rings. The summed E-state index contributed by atoms with van der Waals surface area (Å²) in [7, 11) is 0. The second kappa shape index (κ2) is 6.88. The first kappa shape index (κ1) is 16.3. The highest BCUT2D eigenvalue weighted by atomic mass is 16.4. The number of amides is 1. The number of hydrogen-bond acceptors (Lipinski definition) is 5. The third-order valence-corrected chi connectivity index (χ3v) is 3.48. The van der Waals surface area contributed by atoms with E-state index in [1.165, 1.54) is 24.6 Å². The van der Waals surface area contributed by atoms with Gasteiger partial charge in [-0.25, -0.2) is 10.2 Å². The van der Waals surface area contributed by atoms with Crippen LogP contribution in [0.1, 0.15) is 32.2 Å². The number of benzene rings is 1. The maximum atomic E-state index is 11.9. The molecule has 0 radical (unpaired) electrons. The third kappa shape index (κ3) is 3.66. The summed E-state index contributed by atoms with van der Waals surface area (Å²) < 4.78 is 10.6. The van der Waals surface area contributed by atoms with Gasteiger partial charge in [0.05, 0.1) is 23.6 Å². The lowest BCUT2D eigenvalue weighted by molar-refractivity contribution is 0.0696. The largest absolute Gasteiger partial charge is 0.478 e. The minimum absolute atomic E-state index is 0.173. The minimum atomic E-state index is -1.01. The highest BCUT2D eigenvalue weighted by Gasteiger charge is 2.10. The number of aryl methyl sites for hydroxylation is 1. The molecule has 0 saturated heterocycles. The zero-order valence-corrected chi connectivity index (χ0v) is 13.2. The van der Waals surface area contributed by atoms with Crippen LogP contribution in [0.25, 0.3) is 11.3 Å². The molecule has 0 aliphatic carbocycles. The molecule has 3 aromatic rings. The monoisotopic (exact) mass is 338 g/mol. The van der Waals surface area contributed by atoms with Crippen LogP contribution in [0.4, 0.5) is 0 Å². The number of rotatable bonds is 5. The van der Waals surface area contributed by atoms with Crippen LogP contribution in [0.3, 0.4) is 0 Å². The molecule has 0 spiro atoms. The number of hydrazone groups is 1. The van der Waals surface area contributed by atoms with E-state index in [1.807, 2.05) is 0 Å². The lowest BCUT2D eigenvalue weighted by atomic mass is 10.1. The average Bonchev–Trinajstić information content (AvgIpc) is 3.24. The molecule has 0 saturated carbocycles. The van der Waals surface area contributed by atoms with Gasteiger partial charge in [-0.05, 0) is 37.3 Å². The van der Waals surface area contributed by atoms with Crippen molar-refractivity contribution in [2.24, 2.45) is 5.10 Å². The van der Waals surface area contributed by atoms with Gasteiger partial charge in [-0.3, -0.25) is 4.79 Å². The lowest BCUT2D eigenvalue weighted by Crippen LogP contribution is -2.17. The summed E-state index contributed by atoms with van der Waals surface area (Å²) in [6.07, 6.45) is 2.79. The maximum absolute atomic E-state index is 11.9. The van der Waals surface area contributed by atoms with Crippen molar-refractivity contribution in [3.8, 4) is 11.3 Å². The zero-order chi connectivity index (χ0) is 17.8. The quantitative estimate of drug-likeness (QED) is 0.548. The third-order valence-electron chi connectivity index (χ3n) is 3.48. The Balaban J connectivity index is 1.69. The molecule has 7 nitrogen and oxygen atoms in total. The molecule has 25 heavy (non-hydrogen) atoms. The van der Waals surface area contributed by atoms with Crippen molar-refractivity contribution in [2.75, 3.05) is 0 Å². The van der Waals surface area contributed by atoms with Crippen LogP contribution >= 0.6 is 0 Å². The first-order chi connectivity index (χ1) is 12.0. The molecule has 1 aromatic carbocycles. The Bertz CT molecular complexity index is 952. The fourth-order valence-corrected chi connectivity index (χ4v) is 2.22. The Kier molecular flexibility index (Phi) is 4.47. The first-order valence-electron chi connectivity index (χ1n) is 7.35. The Morgan fingerprint density at radius 2 is 2.04 bits per heavy atom. The number of nitrogens with one attached hydrogen (secondary N) is 1. The van der Waals surface area contributed by atoms with Crippen LogP contribution in [-0.4, -0.2) is 23.2 Å². The molecule has 126 valence electrons. The molecule has 0 aliphatic heterocycles. The van der Waals surface area contributed by atoms with Gasteiger partial charge in [0.15, 0.2) is 0 Å². The summed E-state index contributed by atoms with van der Waals surface area (Å²) >= 11 is 0. The van der Waals surface area contributed by atoms with Crippen molar-refractivity contribution in [2.45, 2.75) is 6.92 Å². The van der Waals surface area contributed by atoms with Gasteiger partial charge in [-0.15, -0.1) is 0 Å². The molecule has 0 atom stereocenters. The SMILES string of the molecule is Cc1occc1C(=O)N/N=C/c1ccc(-c2cccc(C(=O)O)c2)o1. The first-order valence-corrected chi connectivity index (χ1v) is 7.35. The number of carbonyl (C=O) groups excluding carboxylic acids is 1. The molecule has 0 fully saturated rings. The van der Waals surface area contributed by atoms with E-state index < -0.39 is 5.97 Å². The zero-order valence-electron chi connectivity index (χ0n) is 13.2. The fraction of sp³-hybridized carbons (Fsp3) is 0.0556. The van der Waals surface area contributed by atoms with Gasteiger partial charge in [-0.2, -0.15) is 5.10 Å². The fourth-order valence-electron chi connectivity index (χ4n) is 2.22. The van der Waals surface area contributed by atoms with Crippen LogP contribution in [0.2, 0.25) is 0 Å². The average molecular weight is 338 g/mol. The van der Waals surface area contributed by atoms with Gasteiger partial charge in [0, 0.05) is 5.56 Å². The highest BCUT2D eigenvalue weighted by Crippen LogP contribution is 2.22. The summed E-state index contributed by atoms with van der Waals surface area (Å²) in [6.45, 7) is 1.68. The molecule has 0 unspecified atom stereocenters. The maximum Gasteiger partial charge on any atom is 0.335 e. The molecule has 7 heteroatoms. The molecule has 2 aromatic heterocycles. The normalized spacial score (nSPS) is 10.9. The van der Waals surface area contributed by atoms with Gasteiger partial charge < -0.3 is 13.9 Å². The van der Waals surface area contributed by atoms with Crippen LogP contribution in [0.15, 0.2) is 62.7 Å². The summed E-state index contributed by atoms with van der Waals surface area (Å²) in [6, 6.07) is 11.3. The van der Waals surface area contributed by atoms with E-state index in [0.717, 1.165) is 0 Å². The van der Waals surface area contributed by atoms with Crippen LogP contribution in [-0.2, 0) is 0 Å². The number of carbonyl (C=O) groups is 2. The number of hydrogen-bond donors (Lipinski definition) is 2. The Labute approximate surface area is 142 Å². The van der Waals surface area contributed by atoms with E-state index in [0.29, 0.717) is 28.4 Å². The molecular weight excluding hydrogens is 324 g/mol. The topological polar surface area (TPSA) is 105 Å². The Morgan fingerprint density at radius 3 is 2.76 bits per heavy atom.